The number of benzene rings is 1. The third-order valence-corrected chi connectivity index (χ3v) is 4.83. The van der Waals surface area contributed by atoms with Gasteiger partial charge >= 0.3 is 6.09 Å². The van der Waals surface area contributed by atoms with Gasteiger partial charge < -0.3 is 14.5 Å². The number of hydrogen-bond acceptors (Lipinski definition) is 3. The van der Waals surface area contributed by atoms with Crippen LogP contribution in [0.1, 0.15) is 51.6 Å². The van der Waals surface area contributed by atoms with Crippen molar-refractivity contribution in [2.75, 3.05) is 19.6 Å². The minimum absolute atomic E-state index is 0.204. The zero-order valence-electron chi connectivity index (χ0n) is 15.4. The standard InChI is InChI=1S/C20H28N2O3/c1-20(2,3)25-19(24)21-13-15(14-21)12-18(23)22-11-7-10-17(22)16-8-5-4-6-9-16/h4-6,8-9,15,17H,7,10-14H2,1-3H3/t17-/m0/s1. The van der Waals surface area contributed by atoms with Crippen LogP contribution in [0.3, 0.4) is 0 Å². The van der Waals surface area contributed by atoms with E-state index in [-0.39, 0.29) is 24.0 Å². The lowest BCUT2D eigenvalue weighted by atomic mass is 9.95. The highest BCUT2D eigenvalue weighted by Gasteiger charge is 2.37. The maximum absolute atomic E-state index is 12.7. The number of carbonyl (C=O) groups excluding carboxylic acids is 2. The lowest BCUT2D eigenvalue weighted by Crippen LogP contribution is -2.52. The molecule has 5 nitrogen and oxygen atoms in total. The van der Waals surface area contributed by atoms with Crippen LogP contribution < -0.4 is 0 Å². The summed E-state index contributed by atoms with van der Waals surface area (Å²) in [6.07, 6.45) is 2.33. The number of ether oxygens (including phenoxy) is 1. The van der Waals surface area contributed by atoms with E-state index >= 15 is 0 Å². The van der Waals surface area contributed by atoms with Gasteiger partial charge in [-0.05, 0) is 39.2 Å². The predicted octanol–water partition coefficient (Wildman–Crippen LogP) is 3.61. The molecule has 2 heterocycles. The SMILES string of the molecule is CC(C)(C)OC(=O)N1CC(CC(=O)N2CCC[C@H]2c2ccccc2)C1. The van der Waals surface area contributed by atoms with E-state index in [0.717, 1.165) is 19.4 Å². The Kier molecular flexibility index (Phi) is 5.02. The summed E-state index contributed by atoms with van der Waals surface area (Å²) in [5.74, 6) is 0.456. The summed E-state index contributed by atoms with van der Waals surface area (Å²) in [6, 6.07) is 10.5. The van der Waals surface area contributed by atoms with E-state index in [1.807, 2.05) is 43.9 Å². The van der Waals surface area contributed by atoms with Crippen LogP contribution in [0.2, 0.25) is 0 Å². The quantitative estimate of drug-likeness (QED) is 0.842. The van der Waals surface area contributed by atoms with Crippen molar-refractivity contribution in [3.63, 3.8) is 0 Å². The van der Waals surface area contributed by atoms with Crippen LogP contribution in [0.15, 0.2) is 30.3 Å². The summed E-state index contributed by atoms with van der Waals surface area (Å²) in [7, 11) is 0. The molecule has 2 aliphatic heterocycles. The molecule has 0 N–H and O–H groups in total. The summed E-state index contributed by atoms with van der Waals surface area (Å²) >= 11 is 0. The zero-order valence-corrected chi connectivity index (χ0v) is 15.4. The van der Waals surface area contributed by atoms with Crippen molar-refractivity contribution in [3.05, 3.63) is 35.9 Å². The first-order valence-corrected chi connectivity index (χ1v) is 9.16. The molecule has 0 spiro atoms. The van der Waals surface area contributed by atoms with Crippen molar-refractivity contribution in [1.82, 2.24) is 9.80 Å². The molecule has 2 fully saturated rings. The number of carbonyl (C=O) groups is 2. The first-order chi connectivity index (χ1) is 11.8. The summed E-state index contributed by atoms with van der Waals surface area (Å²) in [4.78, 5) is 28.4. The topological polar surface area (TPSA) is 49.9 Å². The summed E-state index contributed by atoms with van der Waals surface area (Å²) in [5.41, 5.74) is 0.744. The van der Waals surface area contributed by atoms with Crippen molar-refractivity contribution < 1.29 is 14.3 Å². The van der Waals surface area contributed by atoms with Crippen LogP contribution in [-0.4, -0.2) is 47.0 Å². The molecule has 0 aliphatic carbocycles. The van der Waals surface area contributed by atoms with Gasteiger partial charge in [-0.3, -0.25) is 4.79 Å². The normalized spacial score (nSPS) is 21.2. The largest absolute Gasteiger partial charge is 0.444 e. The maximum Gasteiger partial charge on any atom is 0.410 e. The fourth-order valence-corrected chi connectivity index (χ4v) is 3.63. The van der Waals surface area contributed by atoms with E-state index in [9.17, 15) is 9.59 Å². The highest BCUT2D eigenvalue weighted by molar-refractivity contribution is 5.78. The van der Waals surface area contributed by atoms with Gasteiger partial charge in [0.2, 0.25) is 5.91 Å². The van der Waals surface area contributed by atoms with Crippen LogP contribution >= 0.6 is 0 Å². The van der Waals surface area contributed by atoms with Crippen molar-refractivity contribution in [1.29, 1.82) is 0 Å². The molecule has 0 unspecified atom stereocenters. The minimum atomic E-state index is -0.476. The molecule has 1 aromatic carbocycles. The number of rotatable bonds is 3. The van der Waals surface area contributed by atoms with Gasteiger partial charge in [0.15, 0.2) is 0 Å². The van der Waals surface area contributed by atoms with Gasteiger partial charge in [0.05, 0.1) is 6.04 Å². The second-order valence-electron chi connectivity index (χ2n) is 8.11. The maximum atomic E-state index is 12.7. The molecular formula is C20H28N2O3. The second-order valence-corrected chi connectivity index (χ2v) is 8.11. The van der Waals surface area contributed by atoms with Crippen LogP contribution in [0.25, 0.3) is 0 Å². The molecule has 0 bridgehead atoms. The van der Waals surface area contributed by atoms with E-state index in [0.29, 0.717) is 19.5 Å². The second kappa shape index (κ2) is 7.06. The Morgan fingerprint density at radius 1 is 1.16 bits per heavy atom. The third kappa shape index (κ3) is 4.33. The minimum Gasteiger partial charge on any atom is -0.444 e. The number of likely N-dealkylation sites (tertiary alicyclic amines) is 2. The fraction of sp³-hybridized carbons (Fsp3) is 0.600. The summed E-state index contributed by atoms with van der Waals surface area (Å²) in [6.45, 7) is 7.66. The first kappa shape index (κ1) is 17.8. The van der Waals surface area contributed by atoms with Gasteiger partial charge in [-0.2, -0.15) is 0 Å². The Labute approximate surface area is 149 Å². The van der Waals surface area contributed by atoms with Crippen molar-refractivity contribution >= 4 is 12.0 Å². The van der Waals surface area contributed by atoms with Crippen LogP contribution in [0, 0.1) is 5.92 Å². The van der Waals surface area contributed by atoms with Crippen molar-refractivity contribution in [2.24, 2.45) is 5.92 Å². The van der Waals surface area contributed by atoms with E-state index < -0.39 is 5.60 Å². The zero-order chi connectivity index (χ0) is 18.0. The van der Waals surface area contributed by atoms with Crippen molar-refractivity contribution in [2.45, 2.75) is 51.7 Å². The van der Waals surface area contributed by atoms with E-state index in [1.54, 1.807) is 4.90 Å². The summed E-state index contributed by atoms with van der Waals surface area (Å²) < 4.78 is 5.36. The molecule has 0 aromatic heterocycles. The molecule has 2 saturated heterocycles. The molecule has 2 amide bonds. The van der Waals surface area contributed by atoms with Gasteiger partial charge in [0, 0.05) is 32.0 Å². The van der Waals surface area contributed by atoms with E-state index in [2.05, 4.69) is 12.1 Å². The molecule has 0 saturated carbocycles. The molecule has 136 valence electrons. The predicted molar refractivity (Wildman–Crippen MR) is 96.0 cm³/mol. The molecule has 3 rings (SSSR count). The van der Waals surface area contributed by atoms with Crippen LogP contribution in [-0.2, 0) is 9.53 Å². The highest BCUT2D eigenvalue weighted by Crippen LogP contribution is 2.33. The molecular weight excluding hydrogens is 316 g/mol. The van der Waals surface area contributed by atoms with Gasteiger partial charge in [-0.15, -0.1) is 0 Å². The van der Waals surface area contributed by atoms with E-state index in [1.165, 1.54) is 5.56 Å². The molecule has 1 atom stereocenters. The third-order valence-electron chi connectivity index (χ3n) is 4.83. The monoisotopic (exact) mass is 344 g/mol. The molecule has 5 heteroatoms. The summed E-state index contributed by atoms with van der Waals surface area (Å²) in [5, 5.41) is 0. The number of hydrogen-bond donors (Lipinski definition) is 0. The lowest BCUT2D eigenvalue weighted by Gasteiger charge is -2.40. The molecule has 25 heavy (non-hydrogen) atoms. The van der Waals surface area contributed by atoms with Crippen molar-refractivity contribution in [3.8, 4) is 0 Å². The van der Waals surface area contributed by atoms with Gasteiger partial charge in [-0.25, -0.2) is 4.79 Å². The van der Waals surface area contributed by atoms with Gasteiger partial charge in [-0.1, -0.05) is 30.3 Å². The van der Waals surface area contributed by atoms with E-state index in [4.69, 9.17) is 4.74 Å². The Hall–Kier alpha value is -2.04. The number of nitrogens with zero attached hydrogens (tertiary/aromatic N) is 2. The smallest absolute Gasteiger partial charge is 0.410 e. The average molecular weight is 344 g/mol. The lowest BCUT2D eigenvalue weighted by molar-refractivity contribution is -0.134. The highest BCUT2D eigenvalue weighted by atomic mass is 16.6. The van der Waals surface area contributed by atoms with Gasteiger partial charge in [0.1, 0.15) is 5.60 Å². The van der Waals surface area contributed by atoms with Crippen LogP contribution in [0.4, 0.5) is 4.79 Å². The van der Waals surface area contributed by atoms with Crippen LogP contribution in [0.5, 0.6) is 0 Å². The Morgan fingerprint density at radius 3 is 2.48 bits per heavy atom. The Balaban J connectivity index is 1.50. The molecule has 0 radical (unpaired) electrons. The Morgan fingerprint density at radius 2 is 1.84 bits per heavy atom. The average Bonchev–Trinajstić information content (AvgIpc) is 2.99. The first-order valence-electron chi connectivity index (χ1n) is 9.16. The molecule has 2 aliphatic rings. The van der Waals surface area contributed by atoms with Gasteiger partial charge in [0.25, 0.3) is 0 Å². The fourth-order valence-electron chi connectivity index (χ4n) is 3.63. The Bertz CT molecular complexity index is 618. The molecule has 1 aromatic rings. The number of amides is 2.